The van der Waals surface area contributed by atoms with Gasteiger partial charge in [0.05, 0.1) is 18.7 Å². The SMILES string of the molecule is COc1cc(C=Nn2c(C)nc3sccc3c2=O)ccc1OCc1ccccc1. The van der Waals surface area contributed by atoms with Crippen LogP contribution >= 0.6 is 11.3 Å². The Labute approximate surface area is 171 Å². The first kappa shape index (κ1) is 18.9. The molecular weight excluding hydrogens is 386 g/mol. The highest BCUT2D eigenvalue weighted by atomic mass is 32.1. The van der Waals surface area contributed by atoms with Gasteiger partial charge >= 0.3 is 0 Å². The van der Waals surface area contributed by atoms with Gasteiger partial charge < -0.3 is 9.47 Å². The number of hydrogen-bond donors (Lipinski definition) is 0. The van der Waals surface area contributed by atoms with Gasteiger partial charge in [-0.1, -0.05) is 30.3 Å². The molecule has 0 atom stereocenters. The quantitative estimate of drug-likeness (QED) is 0.450. The predicted octanol–water partition coefficient (Wildman–Crippen LogP) is 4.24. The molecule has 29 heavy (non-hydrogen) atoms. The van der Waals surface area contributed by atoms with Crippen LogP contribution in [0.5, 0.6) is 11.5 Å². The Morgan fingerprint density at radius 2 is 1.97 bits per heavy atom. The molecule has 0 aliphatic heterocycles. The van der Waals surface area contributed by atoms with Crippen molar-refractivity contribution in [3.63, 3.8) is 0 Å². The first-order valence-electron chi connectivity index (χ1n) is 9.01. The van der Waals surface area contributed by atoms with Crippen LogP contribution < -0.4 is 15.0 Å². The highest BCUT2D eigenvalue weighted by Gasteiger charge is 2.09. The fourth-order valence-corrected chi connectivity index (χ4v) is 3.69. The molecule has 146 valence electrons. The smallest absolute Gasteiger partial charge is 0.282 e. The summed E-state index contributed by atoms with van der Waals surface area (Å²) >= 11 is 1.44. The minimum absolute atomic E-state index is 0.181. The largest absolute Gasteiger partial charge is 0.493 e. The van der Waals surface area contributed by atoms with Gasteiger partial charge in [0.15, 0.2) is 11.5 Å². The number of hydrogen-bond acceptors (Lipinski definition) is 6. The molecule has 2 aromatic heterocycles. The molecule has 4 aromatic rings. The molecule has 0 fully saturated rings. The summed E-state index contributed by atoms with van der Waals surface area (Å²) in [6.45, 7) is 2.21. The van der Waals surface area contributed by atoms with Gasteiger partial charge in [0.1, 0.15) is 17.3 Å². The minimum Gasteiger partial charge on any atom is -0.493 e. The zero-order valence-corrected chi connectivity index (χ0v) is 16.8. The van der Waals surface area contributed by atoms with Crippen molar-refractivity contribution in [1.82, 2.24) is 9.66 Å². The lowest BCUT2D eigenvalue weighted by molar-refractivity contribution is 0.284. The molecule has 2 aromatic carbocycles. The van der Waals surface area contributed by atoms with E-state index < -0.39 is 0 Å². The Morgan fingerprint density at radius 1 is 1.14 bits per heavy atom. The Balaban J connectivity index is 1.57. The fraction of sp³-hybridized carbons (Fsp3) is 0.136. The van der Waals surface area contributed by atoms with Crippen LogP contribution in [-0.4, -0.2) is 23.0 Å². The lowest BCUT2D eigenvalue weighted by atomic mass is 10.2. The predicted molar refractivity (Wildman–Crippen MR) is 115 cm³/mol. The van der Waals surface area contributed by atoms with Gasteiger partial charge in [-0.25, -0.2) is 4.98 Å². The Kier molecular flexibility index (Phi) is 5.39. The van der Waals surface area contributed by atoms with Crippen molar-refractivity contribution < 1.29 is 9.47 Å². The van der Waals surface area contributed by atoms with Crippen LogP contribution in [0.2, 0.25) is 0 Å². The molecule has 0 aliphatic rings. The Morgan fingerprint density at radius 3 is 2.76 bits per heavy atom. The van der Waals surface area contributed by atoms with Crippen molar-refractivity contribution in [3.8, 4) is 11.5 Å². The van der Waals surface area contributed by atoms with Gasteiger partial charge in [0, 0.05) is 0 Å². The van der Waals surface area contributed by atoms with Crippen LogP contribution in [0.3, 0.4) is 0 Å². The number of methoxy groups -OCH3 is 1. The number of ether oxygens (including phenoxy) is 2. The highest BCUT2D eigenvalue weighted by molar-refractivity contribution is 7.16. The number of nitrogens with zero attached hydrogens (tertiary/aromatic N) is 3. The van der Waals surface area contributed by atoms with Gasteiger partial charge in [-0.3, -0.25) is 4.79 Å². The van der Waals surface area contributed by atoms with Gasteiger partial charge in [0.2, 0.25) is 0 Å². The highest BCUT2D eigenvalue weighted by Crippen LogP contribution is 2.28. The van der Waals surface area contributed by atoms with Crippen molar-refractivity contribution in [2.45, 2.75) is 13.5 Å². The van der Waals surface area contributed by atoms with E-state index in [0.717, 1.165) is 16.0 Å². The van der Waals surface area contributed by atoms with Crippen molar-refractivity contribution in [2.75, 3.05) is 7.11 Å². The summed E-state index contributed by atoms with van der Waals surface area (Å²) in [6.07, 6.45) is 1.61. The summed E-state index contributed by atoms with van der Waals surface area (Å²) in [6, 6.07) is 17.2. The van der Waals surface area contributed by atoms with Gasteiger partial charge in [0.25, 0.3) is 5.56 Å². The second-order valence-corrected chi connectivity index (χ2v) is 7.24. The van der Waals surface area contributed by atoms with E-state index in [-0.39, 0.29) is 5.56 Å². The van der Waals surface area contributed by atoms with Crippen LogP contribution in [0.25, 0.3) is 10.2 Å². The summed E-state index contributed by atoms with van der Waals surface area (Å²) in [5.41, 5.74) is 1.68. The van der Waals surface area contributed by atoms with Crippen molar-refractivity contribution >= 4 is 27.8 Å². The summed E-state index contributed by atoms with van der Waals surface area (Å²) in [7, 11) is 1.59. The standard InChI is InChI=1S/C22H19N3O3S/c1-15-24-21-18(10-11-29-21)22(26)25(15)23-13-17-8-9-19(20(12-17)27-2)28-14-16-6-4-3-5-7-16/h3-13H,14H2,1-2H3. The molecular formula is C22H19N3O3S. The normalized spacial score (nSPS) is 11.2. The molecule has 0 radical (unpaired) electrons. The van der Waals surface area contributed by atoms with E-state index in [1.807, 2.05) is 53.9 Å². The molecule has 0 amide bonds. The monoisotopic (exact) mass is 405 g/mol. The lowest BCUT2D eigenvalue weighted by Crippen LogP contribution is -2.19. The first-order chi connectivity index (χ1) is 14.2. The molecule has 0 unspecified atom stereocenters. The van der Waals surface area contributed by atoms with Crippen LogP contribution in [0.15, 0.2) is 69.9 Å². The third-order valence-electron chi connectivity index (χ3n) is 4.38. The molecule has 0 aliphatic carbocycles. The molecule has 0 N–H and O–H groups in total. The third-order valence-corrected chi connectivity index (χ3v) is 5.19. The topological polar surface area (TPSA) is 65.7 Å². The van der Waals surface area contributed by atoms with E-state index in [1.165, 1.54) is 16.0 Å². The molecule has 4 rings (SSSR count). The fourth-order valence-electron chi connectivity index (χ4n) is 2.89. The van der Waals surface area contributed by atoms with Crippen LogP contribution in [0.4, 0.5) is 0 Å². The molecule has 0 saturated carbocycles. The second-order valence-electron chi connectivity index (χ2n) is 6.34. The Hall–Kier alpha value is -3.45. The maximum Gasteiger partial charge on any atom is 0.282 e. The Bertz CT molecular complexity index is 1230. The summed E-state index contributed by atoms with van der Waals surface area (Å²) < 4.78 is 12.6. The maximum atomic E-state index is 12.6. The van der Waals surface area contributed by atoms with Crippen LogP contribution in [-0.2, 0) is 6.61 Å². The average Bonchev–Trinajstić information content (AvgIpc) is 3.21. The zero-order chi connectivity index (χ0) is 20.2. The van der Waals surface area contributed by atoms with Crippen LogP contribution in [0, 0.1) is 6.92 Å². The third kappa shape index (κ3) is 4.05. The molecule has 0 bridgehead atoms. The number of rotatable bonds is 6. The van der Waals surface area contributed by atoms with Crippen molar-refractivity contribution in [2.24, 2.45) is 5.10 Å². The van der Waals surface area contributed by atoms with E-state index in [0.29, 0.717) is 29.3 Å². The van der Waals surface area contributed by atoms with Gasteiger partial charge in [-0.15, -0.1) is 11.3 Å². The van der Waals surface area contributed by atoms with Crippen molar-refractivity contribution in [1.29, 1.82) is 0 Å². The minimum atomic E-state index is -0.181. The first-order valence-corrected chi connectivity index (χ1v) is 9.89. The average molecular weight is 405 g/mol. The maximum absolute atomic E-state index is 12.6. The van der Waals surface area contributed by atoms with Gasteiger partial charge in [-0.05, 0) is 47.7 Å². The van der Waals surface area contributed by atoms with E-state index in [2.05, 4.69) is 10.1 Å². The summed E-state index contributed by atoms with van der Waals surface area (Å²) in [5.74, 6) is 1.78. The number of thiophene rings is 1. The molecule has 6 nitrogen and oxygen atoms in total. The molecule has 7 heteroatoms. The number of fused-ring (bicyclic) bond motifs is 1. The van der Waals surface area contributed by atoms with E-state index in [4.69, 9.17) is 9.47 Å². The van der Waals surface area contributed by atoms with E-state index in [1.54, 1.807) is 26.3 Å². The molecule has 0 spiro atoms. The number of benzene rings is 2. The van der Waals surface area contributed by atoms with Crippen LogP contribution in [0.1, 0.15) is 17.0 Å². The second kappa shape index (κ2) is 8.28. The van der Waals surface area contributed by atoms with Gasteiger partial charge in [-0.2, -0.15) is 9.78 Å². The number of aromatic nitrogens is 2. The summed E-state index contributed by atoms with van der Waals surface area (Å²) in [5, 5.41) is 6.75. The van der Waals surface area contributed by atoms with Crippen molar-refractivity contribution in [3.05, 3.63) is 87.3 Å². The lowest BCUT2D eigenvalue weighted by Gasteiger charge is -2.11. The summed E-state index contributed by atoms with van der Waals surface area (Å²) in [4.78, 5) is 17.8. The molecule has 0 saturated heterocycles. The molecule has 2 heterocycles. The van der Waals surface area contributed by atoms with E-state index >= 15 is 0 Å². The number of aryl methyl sites for hydroxylation is 1. The zero-order valence-electron chi connectivity index (χ0n) is 16.0. The van der Waals surface area contributed by atoms with E-state index in [9.17, 15) is 4.79 Å².